The van der Waals surface area contributed by atoms with Crippen LogP contribution in [-0.2, 0) is 9.47 Å². The van der Waals surface area contributed by atoms with Gasteiger partial charge in [0.25, 0.3) is 0 Å². The highest BCUT2D eigenvalue weighted by Crippen LogP contribution is 2.40. The van der Waals surface area contributed by atoms with E-state index >= 15 is 0 Å². The van der Waals surface area contributed by atoms with Crippen molar-refractivity contribution >= 4 is 12.1 Å². The highest BCUT2D eigenvalue weighted by atomic mass is 16.6. The molecule has 0 spiro atoms. The van der Waals surface area contributed by atoms with E-state index in [1.54, 1.807) is 14.2 Å². The highest BCUT2D eigenvalue weighted by Gasteiger charge is 2.33. The third kappa shape index (κ3) is 9.13. The molecule has 28 heavy (non-hydrogen) atoms. The summed E-state index contributed by atoms with van der Waals surface area (Å²) in [4.78, 5) is 16.5. The Balaban J connectivity index is 2.54. The third-order valence-electron chi connectivity index (χ3n) is 5.35. The van der Waals surface area contributed by atoms with E-state index < -0.39 is 5.60 Å². The zero-order valence-electron chi connectivity index (χ0n) is 19.0. The van der Waals surface area contributed by atoms with Gasteiger partial charge in [0, 0.05) is 33.9 Å². The number of nitrogens with zero attached hydrogens (tertiary/aromatic N) is 1. The van der Waals surface area contributed by atoms with Crippen LogP contribution in [0, 0.1) is 11.3 Å². The van der Waals surface area contributed by atoms with Crippen LogP contribution in [0.1, 0.15) is 66.7 Å². The van der Waals surface area contributed by atoms with Crippen LogP contribution in [0.3, 0.4) is 0 Å². The Kier molecular flexibility index (Phi) is 10.1. The fraction of sp³-hybridized carbons (Fsp3) is 0.905. The number of methoxy groups -OCH3 is 1. The first-order valence-electron chi connectivity index (χ1n) is 10.5. The van der Waals surface area contributed by atoms with Gasteiger partial charge in [-0.2, -0.15) is 0 Å². The maximum atomic E-state index is 12.1. The molecule has 1 aliphatic rings. The van der Waals surface area contributed by atoms with Crippen LogP contribution < -0.4 is 16.0 Å². The molecule has 1 unspecified atom stereocenters. The van der Waals surface area contributed by atoms with E-state index in [9.17, 15) is 4.79 Å². The van der Waals surface area contributed by atoms with Crippen molar-refractivity contribution in [3.05, 3.63) is 0 Å². The number of amides is 1. The van der Waals surface area contributed by atoms with Crippen molar-refractivity contribution in [1.29, 1.82) is 0 Å². The summed E-state index contributed by atoms with van der Waals surface area (Å²) in [5.74, 6) is 1.03. The number of alkyl carbamates (subject to hydrolysis) is 1. The van der Waals surface area contributed by atoms with Gasteiger partial charge in [-0.05, 0) is 51.4 Å². The summed E-state index contributed by atoms with van der Waals surface area (Å²) in [6.07, 6.45) is 5.71. The molecular formula is C21H42N4O3. The quantitative estimate of drug-likeness (QED) is 0.410. The first-order chi connectivity index (χ1) is 13.1. The van der Waals surface area contributed by atoms with E-state index in [1.807, 2.05) is 20.8 Å². The van der Waals surface area contributed by atoms with Crippen LogP contribution in [-0.4, -0.2) is 57.5 Å². The predicted octanol–water partition coefficient (Wildman–Crippen LogP) is 3.30. The van der Waals surface area contributed by atoms with Gasteiger partial charge in [0.05, 0.1) is 6.04 Å². The van der Waals surface area contributed by atoms with Crippen LogP contribution in [0.25, 0.3) is 0 Å². The summed E-state index contributed by atoms with van der Waals surface area (Å²) < 4.78 is 10.7. The number of hydrogen-bond acceptors (Lipinski definition) is 4. The molecule has 1 atom stereocenters. The molecule has 3 N–H and O–H groups in total. The van der Waals surface area contributed by atoms with Gasteiger partial charge in [-0.25, -0.2) is 4.79 Å². The number of nitrogens with one attached hydrogen (secondary N) is 3. The van der Waals surface area contributed by atoms with Gasteiger partial charge in [-0.3, -0.25) is 4.99 Å². The smallest absolute Gasteiger partial charge is 0.407 e. The topological polar surface area (TPSA) is 84.0 Å². The standard InChI is InChI=1S/C21H42N4O3/c1-16(2)17(25-19(26)28-20(3,4)5)14-23-18(22-6)24-15-21(12-13-27-7)10-8-9-11-21/h16-17H,8-15H2,1-7H3,(H,25,26)(H2,22,23,24). The normalized spacial score (nSPS) is 18.1. The number of guanidine groups is 1. The van der Waals surface area contributed by atoms with Crippen molar-refractivity contribution in [3.63, 3.8) is 0 Å². The largest absolute Gasteiger partial charge is 0.444 e. The summed E-state index contributed by atoms with van der Waals surface area (Å²) >= 11 is 0. The second-order valence-electron chi connectivity index (χ2n) is 9.25. The van der Waals surface area contributed by atoms with Crippen molar-refractivity contribution in [1.82, 2.24) is 16.0 Å². The van der Waals surface area contributed by atoms with E-state index in [2.05, 4.69) is 34.8 Å². The Morgan fingerprint density at radius 1 is 1.18 bits per heavy atom. The van der Waals surface area contributed by atoms with Gasteiger partial charge in [-0.15, -0.1) is 0 Å². The molecule has 0 saturated heterocycles. The van der Waals surface area contributed by atoms with Crippen LogP contribution in [0.5, 0.6) is 0 Å². The van der Waals surface area contributed by atoms with Crippen LogP contribution in [0.4, 0.5) is 4.79 Å². The Morgan fingerprint density at radius 2 is 1.82 bits per heavy atom. The number of carbonyl (C=O) groups excluding carboxylic acids is 1. The predicted molar refractivity (Wildman–Crippen MR) is 115 cm³/mol. The molecule has 0 aromatic carbocycles. The molecule has 0 heterocycles. The van der Waals surface area contributed by atoms with E-state index in [-0.39, 0.29) is 18.1 Å². The van der Waals surface area contributed by atoms with Crippen molar-refractivity contribution in [2.24, 2.45) is 16.3 Å². The summed E-state index contributed by atoms with van der Waals surface area (Å²) in [7, 11) is 3.54. The average molecular weight is 399 g/mol. The minimum atomic E-state index is -0.506. The molecular weight excluding hydrogens is 356 g/mol. The lowest BCUT2D eigenvalue weighted by molar-refractivity contribution is 0.0491. The fourth-order valence-corrected chi connectivity index (χ4v) is 3.57. The molecule has 7 heteroatoms. The van der Waals surface area contributed by atoms with Crippen molar-refractivity contribution in [2.75, 3.05) is 33.9 Å². The van der Waals surface area contributed by atoms with Crippen molar-refractivity contribution < 1.29 is 14.3 Å². The first-order valence-corrected chi connectivity index (χ1v) is 10.5. The Labute approximate surface area is 171 Å². The molecule has 0 aliphatic heterocycles. The summed E-state index contributed by atoms with van der Waals surface area (Å²) in [6.45, 7) is 12.0. The zero-order valence-corrected chi connectivity index (χ0v) is 19.0. The molecule has 1 saturated carbocycles. The molecule has 7 nitrogen and oxygen atoms in total. The Bertz CT molecular complexity index is 494. The Hall–Kier alpha value is -1.50. The van der Waals surface area contributed by atoms with E-state index in [0.29, 0.717) is 12.0 Å². The van der Waals surface area contributed by atoms with Gasteiger partial charge in [0.1, 0.15) is 5.60 Å². The van der Waals surface area contributed by atoms with Crippen molar-refractivity contribution in [3.8, 4) is 0 Å². The van der Waals surface area contributed by atoms with Gasteiger partial charge < -0.3 is 25.4 Å². The summed E-state index contributed by atoms with van der Waals surface area (Å²) in [5, 5.41) is 9.80. The molecule has 0 aromatic rings. The second kappa shape index (κ2) is 11.5. The lowest BCUT2D eigenvalue weighted by Gasteiger charge is -2.30. The summed E-state index contributed by atoms with van der Waals surface area (Å²) in [5.41, 5.74) is -0.214. The molecule has 0 bridgehead atoms. The lowest BCUT2D eigenvalue weighted by Crippen LogP contribution is -2.51. The monoisotopic (exact) mass is 398 g/mol. The fourth-order valence-electron chi connectivity index (χ4n) is 3.57. The summed E-state index contributed by atoms with van der Waals surface area (Å²) in [6, 6.07) is -0.0534. The van der Waals surface area contributed by atoms with Gasteiger partial charge >= 0.3 is 6.09 Å². The molecule has 1 aliphatic carbocycles. The number of rotatable bonds is 9. The second-order valence-corrected chi connectivity index (χ2v) is 9.25. The highest BCUT2D eigenvalue weighted by molar-refractivity contribution is 5.79. The SMILES string of the molecule is CN=C(NCC(NC(=O)OC(C)(C)C)C(C)C)NCC1(CCOC)CCCC1. The third-order valence-corrected chi connectivity index (χ3v) is 5.35. The number of ether oxygens (including phenoxy) is 2. The molecule has 1 amide bonds. The van der Waals surface area contributed by atoms with Crippen LogP contribution in [0.15, 0.2) is 4.99 Å². The van der Waals surface area contributed by atoms with Crippen LogP contribution >= 0.6 is 0 Å². The number of hydrogen-bond donors (Lipinski definition) is 3. The molecule has 164 valence electrons. The lowest BCUT2D eigenvalue weighted by atomic mass is 9.83. The average Bonchev–Trinajstić information content (AvgIpc) is 3.06. The Morgan fingerprint density at radius 3 is 2.32 bits per heavy atom. The number of carbonyl (C=O) groups is 1. The van der Waals surface area contributed by atoms with Gasteiger partial charge in [-0.1, -0.05) is 26.7 Å². The maximum absolute atomic E-state index is 12.1. The van der Waals surface area contributed by atoms with Gasteiger partial charge in [0.2, 0.25) is 0 Å². The minimum Gasteiger partial charge on any atom is -0.444 e. The number of aliphatic imine (C=N–C) groups is 1. The minimum absolute atomic E-state index is 0.0534. The van der Waals surface area contributed by atoms with E-state index in [4.69, 9.17) is 9.47 Å². The molecule has 1 rings (SSSR count). The molecule has 0 radical (unpaired) electrons. The van der Waals surface area contributed by atoms with Crippen LogP contribution in [0.2, 0.25) is 0 Å². The maximum Gasteiger partial charge on any atom is 0.407 e. The van der Waals surface area contributed by atoms with E-state index in [1.165, 1.54) is 25.7 Å². The molecule has 1 fully saturated rings. The van der Waals surface area contributed by atoms with Gasteiger partial charge in [0.15, 0.2) is 5.96 Å². The van der Waals surface area contributed by atoms with Crippen molar-refractivity contribution in [2.45, 2.75) is 78.4 Å². The zero-order chi connectivity index (χ0) is 21.2. The molecule has 0 aromatic heterocycles. The first kappa shape index (κ1) is 24.5. The van der Waals surface area contributed by atoms with E-state index in [0.717, 1.165) is 25.5 Å².